The number of fused-ring (bicyclic) bond motifs is 3. The topological polar surface area (TPSA) is 34.4 Å². The molecular weight excluding hydrogens is 208 g/mol. The molecule has 0 aliphatic rings. The van der Waals surface area contributed by atoms with Gasteiger partial charge in [-0.25, -0.2) is 0 Å². The summed E-state index contributed by atoms with van der Waals surface area (Å²) < 4.78 is 3.13. The van der Waals surface area contributed by atoms with E-state index in [1.165, 1.54) is 11.6 Å². The summed E-state index contributed by atoms with van der Waals surface area (Å²) in [5, 5.41) is 0. The van der Waals surface area contributed by atoms with Crippen molar-refractivity contribution in [2.75, 3.05) is 0 Å². The fourth-order valence-corrected chi connectivity index (χ4v) is 2.84. The minimum absolute atomic E-state index is 0.181. The molecule has 3 rings (SSSR count). The van der Waals surface area contributed by atoms with Crippen LogP contribution in [0.15, 0.2) is 35.3 Å². The van der Waals surface area contributed by atoms with Crippen LogP contribution in [-0.2, 0) is 0 Å². The summed E-state index contributed by atoms with van der Waals surface area (Å²) in [6, 6.07) is 7.62. The van der Waals surface area contributed by atoms with Crippen molar-refractivity contribution in [3.63, 3.8) is 0 Å². The van der Waals surface area contributed by atoms with E-state index in [1.807, 2.05) is 16.5 Å². The van der Waals surface area contributed by atoms with E-state index in [0.717, 1.165) is 15.2 Å². The maximum Gasteiger partial charge on any atom is 0.273 e. The van der Waals surface area contributed by atoms with Crippen molar-refractivity contribution >= 4 is 26.5 Å². The average molecular weight is 216 g/mol. The van der Waals surface area contributed by atoms with Crippen LogP contribution in [0.5, 0.6) is 0 Å². The van der Waals surface area contributed by atoms with Gasteiger partial charge in [-0.2, -0.15) is 4.98 Å². The molecule has 0 radical (unpaired) electrons. The third-order valence-electron chi connectivity index (χ3n) is 2.42. The Kier molecular flexibility index (Phi) is 1.67. The van der Waals surface area contributed by atoms with Gasteiger partial charge in [-0.15, -0.1) is 0 Å². The molecule has 1 aromatic carbocycles. The Labute approximate surface area is 89.6 Å². The van der Waals surface area contributed by atoms with Crippen LogP contribution < -0.4 is 5.56 Å². The molecule has 0 aliphatic heterocycles. The van der Waals surface area contributed by atoms with Gasteiger partial charge in [0.05, 0.1) is 10.2 Å². The van der Waals surface area contributed by atoms with Crippen LogP contribution in [0, 0.1) is 6.92 Å². The van der Waals surface area contributed by atoms with Crippen LogP contribution in [-0.4, -0.2) is 9.38 Å². The van der Waals surface area contributed by atoms with E-state index < -0.39 is 0 Å². The van der Waals surface area contributed by atoms with Gasteiger partial charge >= 0.3 is 0 Å². The van der Waals surface area contributed by atoms with Crippen molar-refractivity contribution in [1.29, 1.82) is 0 Å². The summed E-state index contributed by atoms with van der Waals surface area (Å²) in [5.74, 6) is 0. The molecule has 0 saturated carbocycles. The lowest BCUT2D eigenvalue weighted by atomic mass is 10.2. The molecule has 2 aromatic heterocycles. The smallest absolute Gasteiger partial charge is 0.273 e. The standard InChI is InChI=1S/C11H8N2OS/c1-7-3-2-4-8-10(7)13-6-5-9(14)12-11(13)15-8/h2-6H,1H3. The highest BCUT2D eigenvalue weighted by molar-refractivity contribution is 7.23. The molecule has 0 atom stereocenters. The first-order valence-corrected chi connectivity index (χ1v) is 5.45. The normalized spacial score (nSPS) is 11.3. The SMILES string of the molecule is Cc1cccc2sc3nc(=O)ccn3c12. The van der Waals surface area contributed by atoms with Gasteiger partial charge in [-0.1, -0.05) is 23.5 Å². The van der Waals surface area contributed by atoms with Crippen molar-refractivity contribution in [3.05, 3.63) is 46.4 Å². The van der Waals surface area contributed by atoms with E-state index in [-0.39, 0.29) is 5.56 Å². The molecule has 0 fully saturated rings. The molecule has 4 heteroatoms. The van der Waals surface area contributed by atoms with Gasteiger partial charge in [-0.3, -0.25) is 9.20 Å². The monoisotopic (exact) mass is 216 g/mol. The molecule has 3 aromatic rings. The Balaban J connectivity index is 2.64. The highest BCUT2D eigenvalue weighted by Gasteiger charge is 2.06. The lowest BCUT2D eigenvalue weighted by molar-refractivity contribution is 1.14. The molecule has 74 valence electrons. The summed E-state index contributed by atoms with van der Waals surface area (Å²) in [4.78, 5) is 15.9. The number of aryl methyl sites for hydroxylation is 1. The van der Waals surface area contributed by atoms with Gasteiger partial charge in [0, 0.05) is 12.3 Å². The molecule has 3 nitrogen and oxygen atoms in total. The van der Waals surface area contributed by atoms with Gasteiger partial charge in [0.25, 0.3) is 5.56 Å². The lowest BCUT2D eigenvalue weighted by Gasteiger charge is -1.97. The number of nitrogens with zero attached hydrogens (tertiary/aromatic N) is 2. The van der Waals surface area contributed by atoms with Crippen LogP contribution in [0.3, 0.4) is 0 Å². The van der Waals surface area contributed by atoms with Crippen molar-refractivity contribution in [2.45, 2.75) is 6.92 Å². The third kappa shape index (κ3) is 1.18. The largest absolute Gasteiger partial charge is 0.291 e. The third-order valence-corrected chi connectivity index (χ3v) is 3.44. The molecule has 0 amide bonds. The lowest BCUT2D eigenvalue weighted by Crippen LogP contribution is -2.04. The predicted octanol–water partition coefficient (Wildman–Crippen LogP) is 2.22. The molecule has 2 heterocycles. The fraction of sp³-hybridized carbons (Fsp3) is 0.0909. The van der Waals surface area contributed by atoms with E-state index in [1.54, 1.807) is 17.5 Å². The summed E-state index contributed by atoms with van der Waals surface area (Å²) >= 11 is 1.54. The van der Waals surface area contributed by atoms with Gasteiger partial charge < -0.3 is 0 Å². The Hall–Kier alpha value is -1.68. The fourth-order valence-electron chi connectivity index (χ4n) is 1.75. The van der Waals surface area contributed by atoms with Gasteiger partial charge in [0.15, 0.2) is 4.96 Å². The van der Waals surface area contributed by atoms with E-state index in [2.05, 4.69) is 18.0 Å². The van der Waals surface area contributed by atoms with Crippen molar-refractivity contribution in [1.82, 2.24) is 9.38 Å². The highest BCUT2D eigenvalue weighted by atomic mass is 32.1. The molecule has 0 saturated heterocycles. The van der Waals surface area contributed by atoms with Gasteiger partial charge in [0.2, 0.25) is 0 Å². The number of para-hydroxylation sites is 1. The minimum Gasteiger partial charge on any atom is -0.291 e. The van der Waals surface area contributed by atoms with E-state index in [4.69, 9.17) is 0 Å². The highest BCUT2D eigenvalue weighted by Crippen LogP contribution is 2.26. The van der Waals surface area contributed by atoms with Crippen molar-refractivity contribution in [2.24, 2.45) is 0 Å². The Morgan fingerprint density at radius 1 is 1.33 bits per heavy atom. The average Bonchev–Trinajstić information content (AvgIpc) is 2.56. The minimum atomic E-state index is -0.181. The Bertz CT molecular complexity index is 711. The van der Waals surface area contributed by atoms with Crippen molar-refractivity contribution < 1.29 is 0 Å². The number of hydrogen-bond donors (Lipinski definition) is 0. The quantitative estimate of drug-likeness (QED) is 0.577. The predicted molar refractivity (Wildman–Crippen MR) is 61.6 cm³/mol. The molecule has 0 spiro atoms. The van der Waals surface area contributed by atoms with Crippen LogP contribution in [0.25, 0.3) is 15.2 Å². The first kappa shape index (κ1) is 8.61. The molecule has 0 bridgehead atoms. The number of hydrogen-bond acceptors (Lipinski definition) is 3. The Morgan fingerprint density at radius 2 is 2.20 bits per heavy atom. The number of rotatable bonds is 0. The van der Waals surface area contributed by atoms with Crippen LogP contribution >= 0.6 is 11.3 Å². The molecule has 15 heavy (non-hydrogen) atoms. The van der Waals surface area contributed by atoms with E-state index >= 15 is 0 Å². The maximum absolute atomic E-state index is 11.1. The van der Waals surface area contributed by atoms with Crippen LogP contribution in [0.1, 0.15) is 5.56 Å². The second-order valence-electron chi connectivity index (χ2n) is 3.44. The zero-order chi connectivity index (χ0) is 10.4. The summed E-state index contributed by atoms with van der Waals surface area (Å²) in [7, 11) is 0. The second-order valence-corrected chi connectivity index (χ2v) is 4.45. The van der Waals surface area contributed by atoms with Crippen molar-refractivity contribution in [3.8, 4) is 0 Å². The molecule has 0 N–H and O–H groups in total. The summed E-state index contributed by atoms with van der Waals surface area (Å²) in [6.45, 7) is 2.06. The Morgan fingerprint density at radius 3 is 3.07 bits per heavy atom. The molecule has 0 unspecified atom stereocenters. The van der Waals surface area contributed by atoms with Crippen LogP contribution in [0.2, 0.25) is 0 Å². The van der Waals surface area contributed by atoms with Gasteiger partial charge in [-0.05, 0) is 18.6 Å². The number of benzene rings is 1. The van der Waals surface area contributed by atoms with Gasteiger partial charge in [0.1, 0.15) is 0 Å². The second kappa shape index (κ2) is 2.90. The summed E-state index contributed by atoms with van der Waals surface area (Å²) in [6.07, 6.45) is 1.79. The zero-order valence-corrected chi connectivity index (χ0v) is 8.91. The van der Waals surface area contributed by atoms with E-state index in [9.17, 15) is 4.79 Å². The molecular formula is C11H8N2OS. The molecule has 0 aliphatic carbocycles. The maximum atomic E-state index is 11.1. The number of aromatic nitrogens is 2. The zero-order valence-electron chi connectivity index (χ0n) is 8.10. The van der Waals surface area contributed by atoms with Crippen LogP contribution in [0.4, 0.5) is 0 Å². The first-order valence-electron chi connectivity index (χ1n) is 4.63. The van der Waals surface area contributed by atoms with E-state index in [0.29, 0.717) is 0 Å². The number of thiazole rings is 1. The summed E-state index contributed by atoms with van der Waals surface area (Å²) in [5.41, 5.74) is 2.16. The first-order chi connectivity index (χ1) is 7.25.